The molecular weight excluding hydrogens is 258 g/mol. The van der Waals surface area contributed by atoms with Crippen molar-refractivity contribution in [3.05, 3.63) is 23.0 Å². The van der Waals surface area contributed by atoms with E-state index in [1.54, 1.807) is 13.0 Å². The molecule has 1 unspecified atom stereocenters. The van der Waals surface area contributed by atoms with Crippen LogP contribution in [0.25, 0.3) is 0 Å². The summed E-state index contributed by atoms with van der Waals surface area (Å²) in [5, 5.41) is 19.6. The number of hydrogen-bond donors (Lipinski definition) is 2. The molecule has 1 atom stereocenters. The highest BCUT2D eigenvalue weighted by atomic mass is 16.4. The van der Waals surface area contributed by atoms with E-state index in [9.17, 15) is 9.59 Å². The molecule has 6 heteroatoms. The third kappa shape index (κ3) is 4.60. The molecule has 0 radical (unpaired) electrons. The van der Waals surface area contributed by atoms with E-state index in [2.05, 4.69) is 15.5 Å². The van der Waals surface area contributed by atoms with E-state index in [4.69, 9.17) is 5.11 Å². The Morgan fingerprint density at radius 2 is 2.05 bits per heavy atom. The molecule has 1 aromatic rings. The van der Waals surface area contributed by atoms with Crippen molar-refractivity contribution in [3.8, 4) is 0 Å². The molecule has 0 spiro atoms. The summed E-state index contributed by atoms with van der Waals surface area (Å²) in [5.74, 6) is -1.19. The third-order valence-corrected chi connectivity index (χ3v) is 2.97. The number of carboxylic acids is 1. The van der Waals surface area contributed by atoms with Gasteiger partial charge in [0.05, 0.1) is 23.4 Å². The number of aryl methyl sites for hydroxylation is 2. The number of amides is 1. The van der Waals surface area contributed by atoms with Gasteiger partial charge in [0.15, 0.2) is 0 Å². The first-order valence-electron chi connectivity index (χ1n) is 6.83. The summed E-state index contributed by atoms with van der Waals surface area (Å²) >= 11 is 0. The van der Waals surface area contributed by atoms with Crippen LogP contribution in [-0.2, 0) is 11.2 Å². The van der Waals surface area contributed by atoms with Gasteiger partial charge in [0, 0.05) is 6.04 Å². The molecule has 6 nitrogen and oxygen atoms in total. The predicted molar refractivity (Wildman–Crippen MR) is 74.6 cm³/mol. The fraction of sp³-hybridized carbons (Fsp3) is 0.571. The second kappa shape index (κ2) is 7.57. The van der Waals surface area contributed by atoms with Gasteiger partial charge in [-0.15, -0.1) is 0 Å². The Morgan fingerprint density at radius 1 is 1.35 bits per heavy atom. The number of carbonyl (C=O) groups is 2. The summed E-state index contributed by atoms with van der Waals surface area (Å²) in [7, 11) is 0. The number of aromatic nitrogens is 2. The second-order valence-corrected chi connectivity index (χ2v) is 4.76. The number of rotatable bonds is 7. The van der Waals surface area contributed by atoms with Crippen LogP contribution in [0.15, 0.2) is 6.07 Å². The zero-order valence-corrected chi connectivity index (χ0v) is 12.1. The van der Waals surface area contributed by atoms with Crippen molar-refractivity contribution in [3.63, 3.8) is 0 Å². The number of aliphatic carboxylic acids is 1. The van der Waals surface area contributed by atoms with Crippen LogP contribution >= 0.6 is 0 Å². The van der Waals surface area contributed by atoms with Crippen molar-refractivity contribution in [1.82, 2.24) is 15.5 Å². The van der Waals surface area contributed by atoms with Crippen molar-refractivity contribution >= 4 is 11.9 Å². The number of nitrogens with zero attached hydrogens (tertiary/aromatic N) is 2. The molecule has 0 aromatic carbocycles. The zero-order chi connectivity index (χ0) is 15.1. The van der Waals surface area contributed by atoms with Gasteiger partial charge in [0.2, 0.25) is 0 Å². The van der Waals surface area contributed by atoms with Gasteiger partial charge in [-0.2, -0.15) is 10.2 Å². The largest absolute Gasteiger partial charge is 0.481 e. The van der Waals surface area contributed by atoms with Gasteiger partial charge >= 0.3 is 5.97 Å². The van der Waals surface area contributed by atoms with E-state index >= 15 is 0 Å². The Morgan fingerprint density at radius 3 is 2.60 bits per heavy atom. The van der Waals surface area contributed by atoms with Crippen molar-refractivity contribution in [2.45, 2.75) is 52.5 Å². The average Bonchev–Trinajstić information content (AvgIpc) is 2.38. The Hall–Kier alpha value is -1.98. The Bertz CT molecular complexity index is 489. The Balaban J connectivity index is 2.87. The van der Waals surface area contributed by atoms with Crippen LogP contribution in [0.2, 0.25) is 0 Å². The molecule has 0 saturated carbocycles. The summed E-state index contributed by atoms with van der Waals surface area (Å²) in [6.07, 6.45) is 1.98. The van der Waals surface area contributed by atoms with Crippen LogP contribution in [0.1, 0.15) is 54.9 Å². The predicted octanol–water partition coefficient (Wildman–Crippen LogP) is 1.72. The van der Waals surface area contributed by atoms with Gasteiger partial charge in [-0.25, -0.2) is 0 Å². The fourth-order valence-corrected chi connectivity index (χ4v) is 2.02. The monoisotopic (exact) mass is 279 g/mol. The third-order valence-electron chi connectivity index (χ3n) is 2.97. The van der Waals surface area contributed by atoms with E-state index in [1.165, 1.54) is 0 Å². The average molecular weight is 279 g/mol. The number of nitrogens with one attached hydrogen (secondary N) is 1. The SMILES string of the molecule is CCCC(CC(=O)O)NC(=O)c1cc(C)nnc1CC. The lowest BCUT2D eigenvalue weighted by Gasteiger charge is -2.17. The van der Waals surface area contributed by atoms with Crippen LogP contribution in [0.3, 0.4) is 0 Å². The highest BCUT2D eigenvalue weighted by Crippen LogP contribution is 2.10. The first-order chi connectivity index (χ1) is 9.47. The van der Waals surface area contributed by atoms with E-state index in [0.29, 0.717) is 29.8 Å². The van der Waals surface area contributed by atoms with Crippen LogP contribution in [-0.4, -0.2) is 33.2 Å². The van der Waals surface area contributed by atoms with Gasteiger partial charge in [-0.1, -0.05) is 20.3 Å². The smallest absolute Gasteiger partial charge is 0.305 e. The molecule has 1 aromatic heterocycles. The molecule has 0 bridgehead atoms. The van der Waals surface area contributed by atoms with Gasteiger partial charge in [-0.3, -0.25) is 9.59 Å². The maximum Gasteiger partial charge on any atom is 0.305 e. The Labute approximate surface area is 118 Å². The van der Waals surface area contributed by atoms with Crippen molar-refractivity contribution in [2.75, 3.05) is 0 Å². The standard InChI is InChI=1S/C14H21N3O3/c1-4-6-10(8-13(18)19)15-14(20)11-7-9(3)16-17-12(11)5-2/h7,10H,4-6,8H2,1-3H3,(H,15,20)(H,18,19). The number of carbonyl (C=O) groups excluding carboxylic acids is 1. The topological polar surface area (TPSA) is 92.2 Å². The van der Waals surface area contributed by atoms with Crippen LogP contribution in [0.4, 0.5) is 0 Å². The minimum absolute atomic E-state index is 0.0709. The van der Waals surface area contributed by atoms with Crippen molar-refractivity contribution in [1.29, 1.82) is 0 Å². The summed E-state index contributed by atoms with van der Waals surface area (Å²) in [4.78, 5) is 23.1. The van der Waals surface area contributed by atoms with Gasteiger partial charge < -0.3 is 10.4 Å². The molecule has 0 saturated heterocycles. The zero-order valence-electron chi connectivity index (χ0n) is 12.1. The molecule has 2 N–H and O–H groups in total. The van der Waals surface area contributed by atoms with E-state index < -0.39 is 5.97 Å². The van der Waals surface area contributed by atoms with E-state index in [0.717, 1.165) is 6.42 Å². The van der Waals surface area contributed by atoms with E-state index in [-0.39, 0.29) is 18.4 Å². The van der Waals surface area contributed by atoms with Crippen molar-refractivity contribution < 1.29 is 14.7 Å². The minimum atomic E-state index is -0.913. The quantitative estimate of drug-likeness (QED) is 0.792. The molecule has 1 amide bonds. The maximum atomic E-state index is 12.3. The second-order valence-electron chi connectivity index (χ2n) is 4.76. The minimum Gasteiger partial charge on any atom is -0.481 e. The Kier molecular flexibility index (Phi) is 6.09. The lowest BCUT2D eigenvalue weighted by atomic mass is 10.1. The van der Waals surface area contributed by atoms with E-state index in [1.807, 2.05) is 13.8 Å². The van der Waals surface area contributed by atoms with Crippen LogP contribution in [0.5, 0.6) is 0 Å². The first-order valence-corrected chi connectivity index (χ1v) is 6.83. The molecule has 110 valence electrons. The summed E-state index contributed by atoms with van der Waals surface area (Å²) < 4.78 is 0. The van der Waals surface area contributed by atoms with Crippen LogP contribution < -0.4 is 5.32 Å². The van der Waals surface area contributed by atoms with Crippen LogP contribution in [0, 0.1) is 6.92 Å². The molecule has 0 aliphatic carbocycles. The normalized spacial score (nSPS) is 11.9. The molecule has 20 heavy (non-hydrogen) atoms. The molecule has 0 fully saturated rings. The lowest BCUT2D eigenvalue weighted by molar-refractivity contribution is -0.137. The number of carboxylic acid groups (broad SMARTS) is 1. The van der Waals surface area contributed by atoms with Gasteiger partial charge in [0.25, 0.3) is 5.91 Å². The fourth-order valence-electron chi connectivity index (χ4n) is 2.02. The molecule has 1 rings (SSSR count). The molecule has 0 aliphatic heterocycles. The molecule has 1 heterocycles. The number of hydrogen-bond acceptors (Lipinski definition) is 4. The first kappa shape index (κ1) is 16.1. The molecule has 0 aliphatic rings. The maximum absolute atomic E-state index is 12.3. The highest BCUT2D eigenvalue weighted by Gasteiger charge is 2.19. The van der Waals surface area contributed by atoms with Gasteiger partial charge in [0.1, 0.15) is 0 Å². The summed E-state index contributed by atoms with van der Waals surface area (Å²) in [6.45, 7) is 5.62. The lowest BCUT2D eigenvalue weighted by Crippen LogP contribution is -2.37. The molecular formula is C14H21N3O3. The van der Waals surface area contributed by atoms with Gasteiger partial charge in [-0.05, 0) is 25.8 Å². The summed E-state index contributed by atoms with van der Waals surface area (Å²) in [5.41, 5.74) is 1.77. The summed E-state index contributed by atoms with van der Waals surface area (Å²) in [6, 6.07) is 1.33. The van der Waals surface area contributed by atoms with Crippen molar-refractivity contribution in [2.24, 2.45) is 0 Å². The highest BCUT2D eigenvalue weighted by molar-refractivity contribution is 5.95.